The van der Waals surface area contributed by atoms with E-state index in [1.807, 2.05) is 31.2 Å². The average Bonchev–Trinajstić information content (AvgIpc) is 2.60. The molecule has 5 heteroatoms. The lowest BCUT2D eigenvalue weighted by Crippen LogP contribution is -2.28. The highest BCUT2D eigenvalue weighted by Crippen LogP contribution is 2.34. The number of pyridine rings is 1. The maximum Gasteiger partial charge on any atom is 0.131 e. The molecule has 0 saturated heterocycles. The number of halogens is 1. The van der Waals surface area contributed by atoms with E-state index in [0.29, 0.717) is 17.9 Å². The van der Waals surface area contributed by atoms with Crippen LogP contribution < -0.4 is 16.8 Å². The molecule has 2 aromatic carbocycles. The van der Waals surface area contributed by atoms with Crippen LogP contribution in [-0.2, 0) is 0 Å². The van der Waals surface area contributed by atoms with Gasteiger partial charge in [-0.15, -0.1) is 0 Å². The third-order valence-electron chi connectivity index (χ3n) is 4.58. The van der Waals surface area contributed by atoms with E-state index < -0.39 is 0 Å². The Balaban J connectivity index is 2.10. The Kier molecular flexibility index (Phi) is 5.38. The van der Waals surface area contributed by atoms with Crippen molar-refractivity contribution in [2.45, 2.75) is 32.7 Å². The van der Waals surface area contributed by atoms with E-state index >= 15 is 0 Å². The molecule has 136 valence electrons. The van der Waals surface area contributed by atoms with Crippen molar-refractivity contribution in [3.05, 3.63) is 54.0 Å². The monoisotopic (exact) mass is 352 g/mol. The molecule has 1 heterocycles. The smallest absolute Gasteiger partial charge is 0.131 e. The Morgan fingerprint density at radius 1 is 1.23 bits per heavy atom. The van der Waals surface area contributed by atoms with Gasteiger partial charge in [0.05, 0.1) is 0 Å². The Morgan fingerprint density at radius 2 is 2.04 bits per heavy atom. The van der Waals surface area contributed by atoms with E-state index in [9.17, 15) is 4.39 Å². The molecule has 1 aromatic heterocycles. The van der Waals surface area contributed by atoms with Gasteiger partial charge in [0.1, 0.15) is 11.6 Å². The van der Waals surface area contributed by atoms with Crippen molar-refractivity contribution >= 4 is 22.3 Å². The fourth-order valence-corrected chi connectivity index (χ4v) is 3.27. The number of nitrogen functional groups attached to an aromatic ring is 1. The zero-order valence-electron chi connectivity index (χ0n) is 15.2. The van der Waals surface area contributed by atoms with Gasteiger partial charge in [0.2, 0.25) is 0 Å². The molecule has 0 saturated carbocycles. The first-order valence-corrected chi connectivity index (χ1v) is 8.93. The lowest BCUT2D eigenvalue weighted by molar-refractivity contribution is 0.627. The molecular formula is C21H25FN4. The SMILES string of the molecule is CCCC(N)CNc1cc(-c2c(C)cccc2F)cc2cnc(N)cc12. The Hall–Kier alpha value is -2.66. The number of nitrogens with zero attached hydrogens (tertiary/aromatic N) is 1. The van der Waals surface area contributed by atoms with Crippen molar-refractivity contribution in [3.8, 4) is 11.1 Å². The molecule has 3 rings (SSSR count). The minimum atomic E-state index is -0.235. The normalized spacial score (nSPS) is 12.3. The number of anilines is 2. The summed E-state index contributed by atoms with van der Waals surface area (Å²) in [6.45, 7) is 4.67. The molecule has 0 fully saturated rings. The number of aromatic nitrogens is 1. The molecular weight excluding hydrogens is 327 g/mol. The quantitative estimate of drug-likeness (QED) is 0.612. The first kappa shape index (κ1) is 18.1. The van der Waals surface area contributed by atoms with E-state index in [1.54, 1.807) is 12.3 Å². The second-order valence-electron chi connectivity index (χ2n) is 6.72. The van der Waals surface area contributed by atoms with Crippen molar-refractivity contribution in [1.82, 2.24) is 4.98 Å². The molecule has 3 aromatic rings. The van der Waals surface area contributed by atoms with E-state index in [2.05, 4.69) is 17.2 Å². The molecule has 4 nitrogen and oxygen atoms in total. The first-order chi connectivity index (χ1) is 12.5. The van der Waals surface area contributed by atoms with E-state index in [4.69, 9.17) is 11.5 Å². The number of nitrogens with one attached hydrogen (secondary N) is 1. The molecule has 1 atom stereocenters. The minimum Gasteiger partial charge on any atom is -0.384 e. The molecule has 0 amide bonds. The van der Waals surface area contributed by atoms with Crippen LogP contribution in [0.3, 0.4) is 0 Å². The number of fused-ring (bicyclic) bond motifs is 1. The molecule has 0 radical (unpaired) electrons. The predicted molar refractivity (Wildman–Crippen MR) is 108 cm³/mol. The summed E-state index contributed by atoms with van der Waals surface area (Å²) in [5.74, 6) is 0.217. The zero-order chi connectivity index (χ0) is 18.7. The summed E-state index contributed by atoms with van der Waals surface area (Å²) in [4.78, 5) is 4.18. The van der Waals surface area contributed by atoms with Gasteiger partial charge in [-0.25, -0.2) is 9.37 Å². The van der Waals surface area contributed by atoms with Crippen LogP contribution in [0.1, 0.15) is 25.3 Å². The number of hydrogen-bond acceptors (Lipinski definition) is 4. The standard InChI is InChI=1S/C21H25FN4/c1-3-5-16(23)12-25-19-9-14(21-13(2)6-4-7-18(21)22)8-15-11-26-20(24)10-17(15)19/h4,6-11,16,25H,3,5,12,23H2,1-2H3,(H2,24,26). The third-order valence-corrected chi connectivity index (χ3v) is 4.58. The number of hydrogen-bond donors (Lipinski definition) is 3. The third kappa shape index (κ3) is 3.78. The Bertz CT molecular complexity index is 903. The molecule has 0 spiro atoms. The van der Waals surface area contributed by atoms with Gasteiger partial charge < -0.3 is 16.8 Å². The maximum absolute atomic E-state index is 14.5. The van der Waals surface area contributed by atoms with Gasteiger partial charge in [-0.2, -0.15) is 0 Å². The molecule has 1 unspecified atom stereocenters. The number of nitrogens with two attached hydrogens (primary N) is 2. The van der Waals surface area contributed by atoms with Crippen molar-refractivity contribution in [1.29, 1.82) is 0 Å². The van der Waals surface area contributed by atoms with E-state index in [0.717, 1.165) is 40.4 Å². The summed E-state index contributed by atoms with van der Waals surface area (Å²) in [6.07, 6.45) is 3.71. The molecule has 0 aliphatic rings. The zero-order valence-corrected chi connectivity index (χ0v) is 15.2. The number of benzene rings is 2. The van der Waals surface area contributed by atoms with Gasteiger partial charge >= 0.3 is 0 Å². The highest BCUT2D eigenvalue weighted by Gasteiger charge is 2.13. The van der Waals surface area contributed by atoms with E-state index in [1.165, 1.54) is 6.07 Å². The Labute approximate surface area is 153 Å². The second kappa shape index (κ2) is 7.70. The molecule has 26 heavy (non-hydrogen) atoms. The van der Waals surface area contributed by atoms with Crippen LogP contribution in [0.5, 0.6) is 0 Å². The van der Waals surface area contributed by atoms with Crippen LogP contribution in [-0.4, -0.2) is 17.6 Å². The van der Waals surface area contributed by atoms with Crippen molar-refractivity contribution in [2.24, 2.45) is 5.73 Å². The fraction of sp³-hybridized carbons (Fsp3) is 0.286. The predicted octanol–water partition coefficient (Wildman–Crippen LogP) is 4.47. The summed E-state index contributed by atoms with van der Waals surface area (Å²) < 4.78 is 14.5. The van der Waals surface area contributed by atoms with Crippen LogP contribution >= 0.6 is 0 Å². The van der Waals surface area contributed by atoms with Crippen LogP contribution in [0.15, 0.2) is 42.6 Å². The van der Waals surface area contributed by atoms with Gasteiger partial charge in [-0.3, -0.25) is 0 Å². The average molecular weight is 352 g/mol. The number of aryl methyl sites for hydroxylation is 1. The van der Waals surface area contributed by atoms with Crippen LogP contribution in [0.2, 0.25) is 0 Å². The molecule has 0 aliphatic heterocycles. The topological polar surface area (TPSA) is 77.0 Å². The second-order valence-corrected chi connectivity index (χ2v) is 6.72. The van der Waals surface area contributed by atoms with Crippen molar-refractivity contribution in [2.75, 3.05) is 17.6 Å². The summed E-state index contributed by atoms with van der Waals surface area (Å²) in [6, 6.07) is 10.9. The highest BCUT2D eigenvalue weighted by molar-refractivity contribution is 5.98. The summed E-state index contributed by atoms with van der Waals surface area (Å²) in [5, 5.41) is 5.28. The summed E-state index contributed by atoms with van der Waals surface area (Å²) in [5.41, 5.74) is 15.2. The number of rotatable bonds is 6. The minimum absolute atomic E-state index is 0.0630. The molecule has 0 bridgehead atoms. The first-order valence-electron chi connectivity index (χ1n) is 8.93. The lowest BCUT2D eigenvalue weighted by atomic mass is 9.96. The van der Waals surface area contributed by atoms with Crippen molar-refractivity contribution < 1.29 is 4.39 Å². The van der Waals surface area contributed by atoms with Gasteiger partial charge in [0.25, 0.3) is 0 Å². The van der Waals surface area contributed by atoms with Gasteiger partial charge in [-0.1, -0.05) is 25.5 Å². The fourth-order valence-electron chi connectivity index (χ4n) is 3.27. The molecule has 5 N–H and O–H groups in total. The van der Waals surface area contributed by atoms with Crippen LogP contribution in [0.4, 0.5) is 15.9 Å². The molecule has 0 aliphatic carbocycles. The maximum atomic E-state index is 14.5. The van der Waals surface area contributed by atoms with Crippen LogP contribution in [0.25, 0.3) is 21.9 Å². The summed E-state index contributed by atoms with van der Waals surface area (Å²) >= 11 is 0. The van der Waals surface area contributed by atoms with Gasteiger partial charge in [-0.05, 0) is 48.7 Å². The van der Waals surface area contributed by atoms with Crippen molar-refractivity contribution in [3.63, 3.8) is 0 Å². The largest absolute Gasteiger partial charge is 0.384 e. The van der Waals surface area contributed by atoms with Crippen LogP contribution in [0, 0.1) is 12.7 Å². The van der Waals surface area contributed by atoms with Gasteiger partial charge in [0.15, 0.2) is 0 Å². The lowest BCUT2D eigenvalue weighted by Gasteiger charge is -2.17. The highest BCUT2D eigenvalue weighted by atomic mass is 19.1. The van der Waals surface area contributed by atoms with E-state index in [-0.39, 0.29) is 11.9 Å². The Morgan fingerprint density at radius 3 is 2.77 bits per heavy atom. The van der Waals surface area contributed by atoms with Gasteiger partial charge in [0, 0.05) is 40.8 Å². The summed E-state index contributed by atoms with van der Waals surface area (Å²) in [7, 11) is 0.